The summed E-state index contributed by atoms with van der Waals surface area (Å²) < 4.78 is 0. The monoisotopic (exact) mass is 290 g/mol. The van der Waals surface area contributed by atoms with E-state index in [1.54, 1.807) is 4.90 Å². The van der Waals surface area contributed by atoms with Crippen LogP contribution in [-0.4, -0.2) is 35.2 Å². The Morgan fingerprint density at radius 3 is 2.71 bits per heavy atom. The van der Waals surface area contributed by atoms with Gasteiger partial charge in [-0.05, 0) is 30.7 Å². The highest BCUT2D eigenvalue weighted by molar-refractivity contribution is 5.75. The number of carbonyl (C=O) groups is 1. The number of hydrogen-bond donors (Lipinski definition) is 2. The van der Waals surface area contributed by atoms with E-state index in [0.29, 0.717) is 5.92 Å². The molecule has 2 unspecified atom stereocenters. The molecule has 1 aliphatic rings. The molecule has 1 aromatic carbocycles. The molecule has 1 aliphatic heterocycles. The van der Waals surface area contributed by atoms with E-state index in [-0.39, 0.29) is 24.7 Å². The summed E-state index contributed by atoms with van der Waals surface area (Å²) in [7, 11) is 0. The van der Waals surface area contributed by atoms with E-state index in [9.17, 15) is 9.90 Å². The maximum atomic E-state index is 12.5. The standard InChI is InChI=1S/C17H26N2O2/c1-13(2)11-16(14-7-4-3-5-8-14)18-17(21)19-10-6-9-15(19)12-20/h3-5,7-8,13,15-16,20H,6,9-12H2,1-2H3,(H,18,21). The fourth-order valence-electron chi connectivity index (χ4n) is 2.96. The summed E-state index contributed by atoms with van der Waals surface area (Å²) in [6.45, 7) is 5.11. The molecule has 1 heterocycles. The van der Waals surface area contributed by atoms with Crippen LogP contribution < -0.4 is 5.32 Å². The summed E-state index contributed by atoms with van der Waals surface area (Å²) in [6.07, 6.45) is 2.77. The van der Waals surface area contributed by atoms with Crippen molar-refractivity contribution in [2.75, 3.05) is 13.2 Å². The van der Waals surface area contributed by atoms with Crippen LogP contribution in [0.25, 0.3) is 0 Å². The molecule has 2 atom stereocenters. The molecule has 4 nitrogen and oxygen atoms in total. The Bertz CT molecular complexity index is 447. The minimum Gasteiger partial charge on any atom is -0.394 e. The SMILES string of the molecule is CC(C)CC(NC(=O)N1CCCC1CO)c1ccccc1. The molecule has 1 aromatic rings. The van der Waals surface area contributed by atoms with E-state index >= 15 is 0 Å². The lowest BCUT2D eigenvalue weighted by atomic mass is 9.97. The van der Waals surface area contributed by atoms with Crippen molar-refractivity contribution in [3.05, 3.63) is 35.9 Å². The lowest BCUT2D eigenvalue weighted by molar-refractivity contribution is 0.153. The second-order valence-corrected chi connectivity index (χ2v) is 6.21. The third-order valence-corrected chi connectivity index (χ3v) is 4.06. The molecule has 0 aromatic heterocycles. The lowest BCUT2D eigenvalue weighted by Gasteiger charge is -2.28. The van der Waals surface area contributed by atoms with Gasteiger partial charge in [0.1, 0.15) is 0 Å². The molecule has 21 heavy (non-hydrogen) atoms. The number of aliphatic hydroxyl groups excluding tert-OH is 1. The molecule has 116 valence electrons. The van der Waals surface area contributed by atoms with Gasteiger partial charge in [-0.15, -0.1) is 0 Å². The minimum atomic E-state index is -0.0546. The molecular formula is C17H26N2O2. The Morgan fingerprint density at radius 1 is 1.38 bits per heavy atom. The van der Waals surface area contributed by atoms with Crippen LogP contribution in [0, 0.1) is 5.92 Å². The first-order valence-corrected chi connectivity index (χ1v) is 7.84. The number of nitrogens with one attached hydrogen (secondary N) is 1. The molecule has 0 radical (unpaired) electrons. The number of likely N-dealkylation sites (tertiary alicyclic amines) is 1. The fraction of sp³-hybridized carbons (Fsp3) is 0.588. The van der Waals surface area contributed by atoms with Crippen LogP contribution in [0.2, 0.25) is 0 Å². The zero-order chi connectivity index (χ0) is 15.2. The van der Waals surface area contributed by atoms with Crippen molar-refractivity contribution in [1.82, 2.24) is 10.2 Å². The Balaban J connectivity index is 2.06. The Hall–Kier alpha value is -1.55. The number of hydrogen-bond acceptors (Lipinski definition) is 2. The van der Waals surface area contributed by atoms with Crippen LogP contribution in [-0.2, 0) is 0 Å². The first-order chi connectivity index (χ1) is 10.1. The van der Waals surface area contributed by atoms with Gasteiger partial charge >= 0.3 is 6.03 Å². The largest absolute Gasteiger partial charge is 0.394 e. The molecule has 0 saturated carbocycles. The molecule has 1 fully saturated rings. The van der Waals surface area contributed by atoms with Crippen molar-refractivity contribution in [3.63, 3.8) is 0 Å². The third-order valence-electron chi connectivity index (χ3n) is 4.06. The summed E-state index contributed by atoms with van der Waals surface area (Å²) in [5.41, 5.74) is 1.14. The molecule has 2 N–H and O–H groups in total. The van der Waals surface area contributed by atoms with Gasteiger partial charge in [0, 0.05) is 6.54 Å². The van der Waals surface area contributed by atoms with Gasteiger partial charge in [-0.25, -0.2) is 4.79 Å². The van der Waals surface area contributed by atoms with Crippen molar-refractivity contribution in [3.8, 4) is 0 Å². The fourth-order valence-corrected chi connectivity index (χ4v) is 2.96. The van der Waals surface area contributed by atoms with Crippen molar-refractivity contribution in [2.45, 2.75) is 45.2 Å². The van der Waals surface area contributed by atoms with Crippen molar-refractivity contribution >= 4 is 6.03 Å². The van der Waals surface area contributed by atoms with E-state index in [2.05, 4.69) is 31.3 Å². The van der Waals surface area contributed by atoms with Crippen LogP contribution in [0.15, 0.2) is 30.3 Å². The van der Waals surface area contributed by atoms with Crippen LogP contribution in [0.4, 0.5) is 4.79 Å². The second-order valence-electron chi connectivity index (χ2n) is 6.21. The highest BCUT2D eigenvalue weighted by Gasteiger charge is 2.29. The van der Waals surface area contributed by atoms with E-state index in [1.165, 1.54) is 0 Å². The first-order valence-electron chi connectivity index (χ1n) is 7.84. The average molecular weight is 290 g/mol. The topological polar surface area (TPSA) is 52.6 Å². The summed E-state index contributed by atoms with van der Waals surface area (Å²) in [5.74, 6) is 0.503. The normalized spacial score (nSPS) is 19.8. The summed E-state index contributed by atoms with van der Waals surface area (Å²) in [4.78, 5) is 14.3. The van der Waals surface area contributed by atoms with Crippen molar-refractivity contribution in [2.24, 2.45) is 5.92 Å². The van der Waals surface area contributed by atoms with Gasteiger partial charge < -0.3 is 15.3 Å². The third kappa shape index (κ3) is 4.21. The zero-order valence-corrected chi connectivity index (χ0v) is 13.0. The smallest absolute Gasteiger partial charge is 0.318 e. The Labute approximate surface area is 127 Å². The zero-order valence-electron chi connectivity index (χ0n) is 13.0. The minimum absolute atomic E-state index is 0.0265. The van der Waals surface area contributed by atoms with Crippen LogP contribution in [0.3, 0.4) is 0 Å². The molecule has 0 aliphatic carbocycles. The lowest BCUT2D eigenvalue weighted by Crippen LogP contribution is -2.45. The number of urea groups is 1. The number of aliphatic hydroxyl groups is 1. The summed E-state index contributed by atoms with van der Waals surface area (Å²) in [5, 5.41) is 12.5. The molecule has 0 bridgehead atoms. The van der Waals surface area contributed by atoms with Gasteiger partial charge in [-0.3, -0.25) is 0 Å². The highest BCUT2D eigenvalue weighted by atomic mass is 16.3. The van der Waals surface area contributed by atoms with Crippen LogP contribution in [0.5, 0.6) is 0 Å². The van der Waals surface area contributed by atoms with Crippen molar-refractivity contribution in [1.29, 1.82) is 0 Å². The maximum absolute atomic E-state index is 12.5. The summed E-state index contributed by atoms with van der Waals surface area (Å²) in [6, 6.07) is 10.0. The predicted molar refractivity (Wildman–Crippen MR) is 84.0 cm³/mol. The van der Waals surface area contributed by atoms with Crippen LogP contribution in [0.1, 0.15) is 44.7 Å². The quantitative estimate of drug-likeness (QED) is 0.876. The number of benzene rings is 1. The van der Waals surface area contributed by atoms with Gasteiger partial charge in [0.2, 0.25) is 0 Å². The maximum Gasteiger partial charge on any atom is 0.318 e. The van der Waals surface area contributed by atoms with Crippen molar-refractivity contribution < 1.29 is 9.90 Å². The first kappa shape index (κ1) is 15.8. The van der Waals surface area contributed by atoms with Crippen LogP contribution >= 0.6 is 0 Å². The number of amides is 2. The van der Waals surface area contributed by atoms with E-state index in [4.69, 9.17) is 0 Å². The predicted octanol–water partition coefficient (Wildman–Crippen LogP) is 2.94. The molecule has 1 saturated heterocycles. The van der Waals surface area contributed by atoms with Gasteiger partial charge in [-0.1, -0.05) is 44.2 Å². The molecular weight excluding hydrogens is 264 g/mol. The molecule has 2 amide bonds. The van der Waals surface area contributed by atoms with Gasteiger partial charge in [0.25, 0.3) is 0 Å². The highest BCUT2D eigenvalue weighted by Crippen LogP contribution is 2.23. The second kappa shape index (κ2) is 7.46. The van der Waals surface area contributed by atoms with Gasteiger partial charge in [-0.2, -0.15) is 0 Å². The summed E-state index contributed by atoms with van der Waals surface area (Å²) >= 11 is 0. The van der Waals surface area contributed by atoms with Gasteiger partial charge in [0.05, 0.1) is 18.7 Å². The number of nitrogens with zero attached hydrogens (tertiary/aromatic N) is 1. The Morgan fingerprint density at radius 2 is 2.10 bits per heavy atom. The Kier molecular flexibility index (Phi) is 5.62. The number of rotatable bonds is 5. The van der Waals surface area contributed by atoms with E-state index in [1.807, 2.05) is 18.2 Å². The average Bonchev–Trinajstić information content (AvgIpc) is 2.95. The number of carbonyl (C=O) groups excluding carboxylic acids is 1. The molecule has 0 spiro atoms. The van der Waals surface area contributed by atoms with Gasteiger partial charge in [0.15, 0.2) is 0 Å². The molecule has 2 rings (SSSR count). The van der Waals surface area contributed by atoms with E-state index in [0.717, 1.165) is 31.4 Å². The molecule has 4 heteroatoms. The van der Waals surface area contributed by atoms with E-state index < -0.39 is 0 Å².